The number of pyridine rings is 1. The molecule has 1 aliphatic heterocycles. The molecule has 0 radical (unpaired) electrons. The Morgan fingerprint density at radius 3 is 2.68 bits per heavy atom. The number of nitrogens with zero attached hydrogens (tertiary/aromatic N) is 2. The van der Waals surface area contributed by atoms with Gasteiger partial charge in [-0.25, -0.2) is 0 Å². The zero-order valence-electron chi connectivity index (χ0n) is 18.2. The molecule has 6 heteroatoms. The van der Waals surface area contributed by atoms with Gasteiger partial charge in [0.1, 0.15) is 11.9 Å². The summed E-state index contributed by atoms with van der Waals surface area (Å²) in [4.78, 5) is 19.2. The highest BCUT2D eigenvalue weighted by atomic mass is 35.5. The van der Waals surface area contributed by atoms with Crippen molar-refractivity contribution in [2.75, 3.05) is 13.1 Å². The number of hydrogen-bond donors (Lipinski definition) is 1. The molecule has 0 bridgehead atoms. The molecule has 1 saturated carbocycles. The van der Waals surface area contributed by atoms with Crippen molar-refractivity contribution in [2.45, 2.75) is 70.1 Å². The fourth-order valence-electron chi connectivity index (χ4n) is 4.68. The first kappa shape index (κ1) is 22.1. The van der Waals surface area contributed by atoms with Crippen LogP contribution in [0.1, 0.15) is 61.4 Å². The molecule has 2 heterocycles. The van der Waals surface area contributed by atoms with E-state index in [0.717, 1.165) is 45.2 Å². The highest BCUT2D eigenvalue weighted by Crippen LogP contribution is 2.29. The lowest BCUT2D eigenvalue weighted by molar-refractivity contribution is 0.0799. The molecule has 1 aromatic heterocycles. The molecule has 1 amide bonds. The first-order valence-corrected chi connectivity index (χ1v) is 11.9. The molecular weight excluding hydrogens is 410 g/mol. The van der Waals surface area contributed by atoms with Crippen molar-refractivity contribution < 1.29 is 9.53 Å². The van der Waals surface area contributed by atoms with E-state index in [1.54, 1.807) is 6.07 Å². The Labute approximate surface area is 190 Å². The minimum absolute atomic E-state index is 0.0451. The summed E-state index contributed by atoms with van der Waals surface area (Å²) < 4.78 is 6.20. The van der Waals surface area contributed by atoms with Gasteiger partial charge >= 0.3 is 0 Å². The molecule has 5 nitrogen and oxygen atoms in total. The highest BCUT2D eigenvalue weighted by Gasteiger charge is 2.25. The van der Waals surface area contributed by atoms with Crippen LogP contribution in [0.5, 0.6) is 5.75 Å². The van der Waals surface area contributed by atoms with Crippen LogP contribution in [0.3, 0.4) is 0 Å². The lowest BCUT2D eigenvalue weighted by Gasteiger charge is -2.36. The normalized spacial score (nSPS) is 19.3. The number of likely N-dealkylation sites (tertiary alicyclic amines) is 1. The van der Waals surface area contributed by atoms with Crippen molar-refractivity contribution in [3.8, 4) is 5.75 Å². The molecule has 1 aliphatic carbocycles. The molecule has 1 atom stereocenters. The summed E-state index contributed by atoms with van der Waals surface area (Å²) in [5.74, 6) is 0.622. The molecule has 0 spiro atoms. The van der Waals surface area contributed by atoms with E-state index >= 15 is 0 Å². The van der Waals surface area contributed by atoms with Crippen LogP contribution in [0.4, 0.5) is 0 Å². The number of aromatic nitrogens is 1. The van der Waals surface area contributed by atoms with Crippen LogP contribution in [0.2, 0.25) is 5.02 Å². The van der Waals surface area contributed by atoms with Crippen molar-refractivity contribution >= 4 is 17.5 Å². The molecule has 1 aromatic carbocycles. The summed E-state index contributed by atoms with van der Waals surface area (Å²) in [6.07, 6.45) is 11.4. The second-order valence-corrected chi connectivity index (χ2v) is 9.27. The zero-order valence-corrected chi connectivity index (χ0v) is 19.0. The summed E-state index contributed by atoms with van der Waals surface area (Å²) in [5, 5.41) is 3.61. The van der Waals surface area contributed by atoms with E-state index in [2.05, 4.69) is 28.2 Å². The Morgan fingerprint density at radius 2 is 2.00 bits per heavy atom. The number of rotatable bonds is 7. The number of nitrogens with one attached hydrogen (secondary N) is 1. The number of ether oxygens (including phenoxy) is 1. The molecule has 166 valence electrons. The molecule has 1 saturated heterocycles. The Kier molecular flexibility index (Phi) is 7.46. The lowest BCUT2D eigenvalue weighted by Crippen LogP contribution is -2.43. The van der Waals surface area contributed by atoms with Gasteiger partial charge in [0.2, 0.25) is 0 Å². The Morgan fingerprint density at radius 1 is 1.23 bits per heavy atom. The number of hydrogen-bond acceptors (Lipinski definition) is 4. The van der Waals surface area contributed by atoms with Gasteiger partial charge in [-0.2, -0.15) is 0 Å². The molecule has 31 heavy (non-hydrogen) atoms. The van der Waals surface area contributed by atoms with Crippen LogP contribution in [-0.4, -0.2) is 47.1 Å². The maximum Gasteiger partial charge on any atom is 0.251 e. The minimum Gasteiger partial charge on any atom is -0.489 e. The third-order valence-electron chi connectivity index (χ3n) is 6.53. The second kappa shape index (κ2) is 10.5. The van der Waals surface area contributed by atoms with Crippen LogP contribution in [0, 0.1) is 0 Å². The summed E-state index contributed by atoms with van der Waals surface area (Å²) in [6, 6.07) is 10.3. The number of carbonyl (C=O) groups excluding carboxylic acids is 1. The summed E-state index contributed by atoms with van der Waals surface area (Å²) in [6.45, 7) is 4.29. The van der Waals surface area contributed by atoms with Gasteiger partial charge in [-0.1, -0.05) is 30.5 Å². The van der Waals surface area contributed by atoms with E-state index in [1.807, 2.05) is 30.6 Å². The van der Waals surface area contributed by atoms with E-state index in [-0.39, 0.29) is 12.0 Å². The van der Waals surface area contributed by atoms with Gasteiger partial charge in [-0.15, -0.1) is 0 Å². The molecule has 4 rings (SSSR count). The Bertz CT molecular complexity index is 862. The summed E-state index contributed by atoms with van der Waals surface area (Å²) >= 11 is 6.46. The zero-order chi connectivity index (χ0) is 21.6. The largest absolute Gasteiger partial charge is 0.489 e. The highest BCUT2D eigenvalue weighted by molar-refractivity contribution is 6.32. The quantitative estimate of drug-likeness (QED) is 0.665. The monoisotopic (exact) mass is 441 g/mol. The molecule has 0 unspecified atom stereocenters. The third-order valence-corrected chi connectivity index (χ3v) is 6.83. The first-order valence-electron chi connectivity index (χ1n) is 11.5. The maximum atomic E-state index is 12.5. The van der Waals surface area contributed by atoms with E-state index in [4.69, 9.17) is 16.3 Å². The maximum absolute atomic E-state index is 12.5. The van der Waals surface area contributed by atoms with Crippen molar-refractivity contribution in [1.29, 1.82) is 0 Å². The van der Waals surface area contributed by atoms with Crippen LogP contribution in [0.25, 0.3) is 0 Å². The van der Waals surface area contributed by atoms with E-state index < -0.39 is 0 Å². The van der Waals surface area contributed by atoms with Gasteiger partial charge in [0, 0.05) is 43.1 Å². The van der Waals surface area contributed by atoms with Gasteiger partial charge in [-0.3, -0.25) is 9.78 Å². The second-order valence-electron chi connectivity index (χ2n) is 8.87. The lowest BCUT2D eigenvalue weighted by atomic mass is 10.0. The van der Waals surface area contributed by atoms with Gasteiger partial charge in [0.25, 0.3) is 5.91 Å². The van der Waals surface area contributed by atoms with Crippen LogP contribution in [0.15, 0.2) is 42.7 Å². The number of halogens is 1. The SMILES string of the molecule is C[C@H](Cc1cccnc1)N1CCC(Oc2ccc(C(=O)NC3CCCC3)cc2Cl)CC1. The molecular formula is C25H32ClN3O2. The number of carbonyl (C=O) groups is 1. The van der Waals surface area contributed by atoms with Crippen LogP contribution >= 0.6 is 11.6 Å². The molecule has 1 N–H and O–H groups in total. The topological polar surface area (TPSA) is 54.5 Å². The van der Waals surface area contributed by atoms with Gasteiger partial charge in [0.15, 0.2) is 0 Å². The summed E-state index contributed by atoms with van der Waals surface area (Å²) in [7, 11) is 0. The number of benzene rings is 1. The van der Waals surface area contributed by atoms with E-state index in [9.17, 15) is 4.79 Å². The fourth-order valence-corrected chi connectivity index (χ4v) is 4.90. The average molecular weight is 442 g/mol. The Hall–Kier alpha value is -2.11. The average Bonchev–Trinajstić information content (AvgIpc) is 3.29. The standard InChI is InChI=1S/C25H32ClN3O2/c1-18(15-19-5-4-12-27-17-19)29-13-10-22(11-14-29)31-24-9-8-20(16-23(24)26)25(30)28-21-6-2-3-7-21/h4-5,8-9,12,16-18,21-22H,2-3,6-7,10-11,13-15H2,1H3,(H,28,30)/t18-/m1/s1. The number of amides is 1. The molecule has 2 fully saturated rings. The van der Waals surface area contributed by atoms with Crippen molar-refractivity contribution in [2.24, 2.45) is 0 Å². The fraction of sp³-hybridized carbons (Fsp3) is 0.520. The first-order chi connectivity index (χ1) is 15.1. The smallest absolute Gasteiger partial charge is 0.251 e. The minimum atomic E-state index is -0.0451. The van der Waals surface area contributed by atoms with Crippen molar-refractivity contribution in [3.05, 3.63) is 58.9 Å². The molecule has 2 aliphatic rings. The van der Waals surface area contributed by atoms with E-state index in [0.29, 0.717) is 28.4 Å². The van der Waals surface area contributed by atoms with E-state index in [1.165, 1.54) is 18.4 Å². The summed E-state index contributed by atoms with van der Waals surface area (Å²) in [5.41, 5.74) is 1.88. The number of piperidine rings is 1. The van der Waals surface area contributed by atoms with Crippen molar-refractivity contribution in [3.63, 3.8) is 0 Å². The predicted molar refractivity (Wildman–Crippen MR) is 124 cm³/mol. The third kappa shape index (κ3) is 5.98. The van der Waals surface area contributed by atoms with Gasteiger partial charge < -0.3 is 15.0 Å². The van der Waals surface area contributed by atoms with Crippen molar-refractivity contribution in [1.82, 2.24) is 15.2 Å². The Balaban J connectivity index is 1.26. The van der Waals surface area contributed by atoms with Gasteiger partial charge in [0.05, 0.1) is 5.02 Å². The van der Waals surface area contributed by atoms with Crippen LogP contribution in [-0.2, 0) is 6.42 Å². The van der Waals surface area contributed by atoms with Gasteiger partial charge in [-0.05, 0) is 68.9 Å². The molecule has 2 aromatic rings. The van der Waals surface area contributed by atoms with Crippen LogP contribution < -0.4 is 10.1 Å². The predicted octanol–water partition coefficient (Wildman–Crippen LogP) is 4.88.